The van der Waals surface area contributed by atoms with Crippen LogP contribution in [0.2, 0.25) is 0 Å². The van der Waals surface area contributed by atoms with Crippen LogP contribution in [-0.4, -0.2) is 17.7 Å². The summed E-state index contributed by atoms with van der Waals surface area (Å²) in [5.74, 6) is 1.01. The maximum Gasteiger partial charge on any atom is 0.115 e. The molecule has 15 heavy (non-hydrogen) atoms. The van der Waals surface area contributed by atoms with Gasteiger partial charge in [-0.2, -0.15) is 0 Å². The lowest BCUT2D eigenvalue weighted by Gasteiger charge is -2.12. The normalized spacial score (nSPS) is 17.7. The third kappa shape index (κ3) is 3.56. The first-order valence-corrected chi connectivity index (χ1v) is 5.75. The van der Waals surface area contributed by atoms with Crippen molar-refractivity contribution in [2.45, 2.75) is 32.2 Å². The smallest absolute Gasteiger partial charge is 0.115 e. The van der Waals surface area contributed by atoms with Crippen molar-refractivity contribution in [1.82, 2.24) is 5.32 Å². The van der Waals surface area contributed by atoms with E-state index in [1.165, 1.54) is 18.4 Å². The van der Waals surface area contributed by atoms with Gasteiger partial charge in [0.25, 0.3) is 0 Å². The average Bonchev–Trinajstić information content (AvgIpc) is 3.02. The Morgan fingerprint density at radius 2 is 2.00 bits per heavy atom. The zero-order chi connectivity index (χ0) is 10.7. The van der Waals surface area contributed by atoms with Gasteiger partial charge in [-0.05, 0) is 49.4 Å². The summed E-state index contributed by atoms with van der Waals surface area (Å²) in [5.41, 5.74) is 1.30. The first-order valence-electron chi connectivity index (χ1n) is 5.75. The summed E-state index contributed by atoms with van der Waals surface area (Å²) >= 11 is 0. The molecule has 1 saturated carbocycles. The summed E-state index contributed by atoms with van der Waals surface area (Å²) in [6, 6.07) is 8.32. The van der Waals surface area contributed by atoms with Gasteiger partial charge in [0.2, 0.25) is 0 Å². The number of hydrogen-bond donors (Lipinski definition) is 2. The van der Waals surface area contributed by atoms with E-state index in [-0.39, 0.29) is 0 Å². The van der Waals surface area contributed by atoms with E-state index in [1.54, 1.807) is 12.1 Å². The Labute approximate surface area is 91.3 Å². The molecule has 0 amide bonds. The van der Waals surface area contributed by atoms with Crippen molar-refractivity contribution < 1.29 is 5.11 Å². The van der Waals surface area contributed by atoms with Gasteiger partial charge in [-0.15, -0.1) is 0 Å². The number of aromatic hydroxyl groups is 1. The molecule has 2 rings (SSSR count). The Morgan fingerprint density at radius 3 is 2.60 bits per heavy atom. The number of rotatable bonds is 5. The molecule has 0 heterocycles. The summed E-state index contributed by atoms with van der Waals surface area (Å²) in [6.07, 6.45) is 3.79. The largest absolute Gasteiger partial charge is 0.508 e. The fraction of sp³-hybridized carbons (Fsp3) is 0.538. The fourth-order valence-electron chi connectivity index (χ4n) is 1.76. The molecular weight excluding hydrogens is 186 g/mol. The SMILES string of the molecule is CC(CNC1CC1)Cc1ccc(O)cc1. The first-order chi connectivity index (χ1) is 7.24. The predicted octanol–water partition coefficient (Wildman–Crippen LogP) is 2.32. The van der Waals surface area contributed by atoms with E-state index in [4.69, 9.17) is 5.11 Å². The second-order valence-corrected chi connectivity index (χ2v) is 4.66. The highest BCUT2D eigenvalue weighted by Crippen LogP contribution is 2.19. The predicted molar refractivity (Wildman–Crippen MR) is 62.0 cm³/mol. The molecule has 0 radical (unpaired) electrons. The van der Waals surface area contributed by atoms with E-state index in [0.29, 0.717) is 11.7 Å². The van der Waals surface area contributed by atoms with Crippen molar-refractivity contribution in [3.05, 3.63) is 29.8 Å². The fourth-order valence-corrected chi connectivity index (χ4v) is 1.76. The van der Waals surface area contributed by atoms with Gasteiger partial charge in [0.05, 0.1) is 0 Å². The summed E-state index contributed by atoms with van der Waals surface area (Å²) in [5, 5.41) is 12.7. The lowest BCUT2D eigenvalue weighted by Crippen LogP contribution is -2.24. The molecule has 82 valence electrons. The molecule has 1 aliphatic rings. The number of phenolic OH excluding ortho intramolecular Hbond substituents is 1. The van der Waals surface area contributed by atoms with E-state index in [0.717, 1.165) is 19.0 Å². The maximum atomic E-state index is 9.16. The Bertz CT molecular complexity index is 303. The number of phenols is 1. The van der Waals surface area contributed by atoms with Crippen LogP contribution < -0.4 is 5.32 Å². The van der Waals surface area contributed by atoms with Crippen LogP contribution in [0, 0.1) is 5.92 Å². The van der Waals surface area contributed by atoms with Crippen molar-refractivity contribution >= 4 is 0 Å². The van der Waals surface area contributed by atoms with E-state index in [2.05, 4.69) is 12.2 Å². The van der Waals surface area contributed by atoms with E-state index in [9.17, 15) is 0 Å². The zero-order valence-electron chi connectivity index (χ0n) is 9.24. The van der Waals surface area contributed by atoms with Gasteiger partial charge in [-0.1, -0.05) is 19.1 Å². The summed E-state index contributed by atoms with van der Waals surface area (Å²) in [6.45, 7) is 3.37. The standard InChI is InChI=1S/C13H19NO/c1-10(9-14-12-4-5-12)8-11-2-6-13(15)7-3-11/h2-3,6-7,10,12,14-15H,4-5,8-9H2,1H3. The molecule has 0 aliphatic heterocycles. The third-order valence-electron chi connectivity index (χ3n) is 2.85. The molecule has 2 N–H and O–H groups in total. The molecule has 1 aliphatic carbocycles. The third-order valence-corrected chi connectivity index (χ3v) is 2.85. The monoisotopic (exact) mass is 205 g/mol. The second kappa shape index (κ2) is 4.67. The van der Waals surface area contributed by atoms with E-state index < -0.39 is 0 Å². The van der Waals surface area contributed by atoms with Gasteiger partial charge in [0.15, 0.2) is 0 Å². The van der Waals surface area contributed by atoms with Crippen LogP contribution in [0.4, 0.5) is 0 Å². The zero-order valence-corrected chi connectivity index (χ0v) is 9.24. The minimum Gasteiger partial charge on any atom is -0.508 e. The van der Waals surface area contributed by atoms with Crippen molar-refractivity contribution in [2.75, 3.05) is 6.54 Å². The quantitative estimate of drug-likeness (QED) is 0.773. The summed E-state index contributed by atoms with van der Waals surface area (Å²) < 4.78 is 0. The first kappa shape index (κ1) is 10.5. The molecule has 1 atom stereocenters. The van der Waals surface area contributed by atoms with Crippen LogP contribution in [0.3, 0.4) is 0 Å². The van der Waals surface area contributed by atoms with Gasteiger partial charge in [0.1, 0.15) is 5.75 Å². The molecule has 0 spiro atoms. The molecule has 0 aromatic heterocycles. The van der Waals surface area contributed by atoms with Crippen LogP contribution in [0.1, 0.15) is 25.3 Å². The Balaban J connectivity index is 1.76. The van der Waals surface area contributed by atoms with E-state index >= 15 is 0 Å². The van der Waals surface area contributed by atoms with Crippen LogP contribution in [0.15, 0.2) is 24.3 Å². The van der Waals surface area contributed by atoms with Gasteiger partial charge >= 0.3 is 0 Å². The van der Waals surface area contributed by atoms with Gasteiger partial charge in [0, 0.05) is 6.04 Å². The van der Waals surface area contributed by atoms with Crippen LogP contribution >= 0.6 is 0 Å². The highest BCUT2D eigenvalue weighted by molar-refractivity contribution is 5.26. The van der Waals surface area contributed by atoms with E-state index in [1.807, 2.05) is 12.1 Å². The lowest BCUT2D eigenvalue weighted by molar-refractivity contribution is 0.474. The van der Waals surface area contributed by atoms with Gasteiger partial charge in [-0.3, -0.25) is 0 Å². The molecule has 1 aromatic carbocycles. The maximum absolute atomic E-state index is 9.16. The van der Waals surface area contributed by atoms with Gasteiger partial charge in [-0.25, -0.2) is 0 Å². The van der Waals surface area contributed by atoms with Crippen molar-refractivity contribution in [3.8, 4) is 5.75 Å². The van der Waals surface area contributed by atoms with Crippen molar-refractivity contribution in [1.29, 1.82) is 0 Å². The van der Waals surface area contributed by atoms with Crippen molar-refractivity contribution in [3.63, 3.8) is 0 Å². The number of nitrogens with one attached hydrogen (secondary N) is 1. The lowest BCUT2D eigenvalue weighted by atomic mass is 10.0. The van der Waals surface area contributed by atoms with Crippen molar-refractivity contribution in [2.24, 2.45) is 5.92 Å². The minimum atomic E-state index is 0.350. The van der Waals surface area contributed by atoms with Gasteiger partial charge < -0.3 is 10.4 Å². The molecular formula is C13H19NO. The minimum absolute atomic E-state index is 0.350. The highest BCUT2D eigenvalue weighted by Gasteiger charge is 2.20. The molecule has 0 bridgehead atoms. The summed E-state index contributed by atoms with van der Waals surface area (Å²) in [4.78, 5) is 0. The number of hydrogen-bond acceptors (Lipinski definition) is 2. The molecule has 2 heteroatoms. The molecule has 1 unspecified atom stereocenters. The Kier molecular flexibility index (Phi) is 3.27. The summed E-state index contributed by atoms with van der Waals surface area (Å²) in [7, 11) is 0. The van der Waals surface area contributed by atoms with Crippen LogP contribution in [0.25, 0.3) is 0 Å². The average molecular weight is 205 g/mol. The Hall–Kier alpha value is -1.02. The molecule has 0 saturated heterocycles. The molecule has 1 aromatic rings. The van der Waals surface area contributed by atoms with Crippen LogP contribution in [-0.2, 0) is 6.42 Å². The highest BCUT2D eigenvalue weighted by atomic mass is 16.3. The Morgan fingerprint density at radius 1 is 1.33 bits per heavy atom. The molecule has 2 nitrogen and oxygen atoms in total. The molecule has 1 fully saturated rings. The van der Waals surface area contributed by atoms with Crippen LogP contribution in [0.5, 0.6) is 5.75 Å². The number of benzene rings is 1. The second-order valence-electron chi connectivity index (χ2n) is 4.66. The topological polar surface area (TPSA) is 32.3 Å².